The van der Waals surface area contributed by atoms with E-state index in [1.54, 1.807) is 12.1 Å². The summed E-state index contributed by atoms with van der Waals surface area (Å²) in [7, 11) is 0. The molecule has 160 valence electrons. The van der Waals surface area contributed by atoms with Crippen LogP contribution in [0.25, 0.3) is 0 Å². The summed E-state index contributed by atoms with van der Waals surface area (Å²) in [5.74, 6) is -3.78. The van der Waals surface area contributed by atoms with Gasteiger partial charge >= 0.3 is 11.9 Å². The molecule has 4 nitrogen and oxygen atoms in total. The zero-order chi connectivity index (χ0) is 22.0. The number of carbonyl (C=O) groups is 2. The number of carboxylic acids is 1. The lowest BCUT2D eigenvalue weighted by Crippen LogP contribution is -2.58. The van der Waals surface area contributed by atoms with Gasteiger partial charge in [-0.2, -0.15) is 0 Å². The molecule has 0 heterocycles. The second kappa shape index (κ2) is 8.50. The molecular weight excluding hydrogens is 395 g/mol. The molecule has 1 fully saturated rings. The summed E-state index contributed by atoms with van der Waals surface area (Å²) in [5.41, 5.74) is 1.06. The maximum absolute atomic E-state index is 13.3. The highest BCUT2D eigenvalue weighted by atomic mass is 19.1. The summed E-state index contributed by atoms with van der Waals surface area (Å²) in [6.07, 6.45) is 8.54. The lowest BCUT2D eigenvalue weighted by atomic mass is 9.46. The second-order valence-corrected chi connectivity index (χ2v) is 8.58. The minimum atomic E-state index is -0.898. The van der Waals surface area contributed by atoms with Crippen molar-refractivity contribution in [1.82, 2.24) is 0 Å². The van der Waals surface area contributed by atoms with Crippen LogP contribution in [0.1, 0.15) is 30.4 Å². The van der Waals surface area contributed by atoms with E-state index in [0.29, 0.717) is 12.0 Å². The molecule has 1 saturated carbocycles. The van der Waals surface area contributed by atoms with E-state index in [4.69, 9.17) is 4.74 Å². The Morgan fingerprint density at radius 2 is 1.77 bits per heavy atom. The number of allylic oxidation sites excluding steroid dienone is 4. The van der Waals surface area contributed by atoms with Crippen LogP contribution in [0.4, 0.5) is 4.39 Å². The SMILES string of the molecule is CC1([C@@H]2[C@@H](C(=O)O)[C@@H](c3ccccc3)[C@@H]2C(=O)OCc2ccc(F)cc2)C=CC=CC1. The highest BCUT2D eigenvalue weighted by Crippen LogP contribution is 2.61. The van der Waals surface area contributed by atoms with Crippen LogP contribution in [0.2, 0.25) is 0 Å². The summed E-state index contributed by atoms with van der Waals surface area (Å²) in [6, 6.07) is 15.1. The Bertz CT molecular complexity index is 1010. The molecule has 1 N–H and O–H groups in total. The lowest BCUT2D eigenvalue weighted by Gasteiger charge is -2.55. The van der Waals surface area contributed by atoms with Crippen molar-refractivity contribution in [3.63, 3.8) is 0 Å². The average Bonchev–Trinajstić information content (AvgIpc) is 2.73. The van der Waals surface area contributed by atoms with Crippen molar-refractivity contribution >= 4 is 11.9 Å². The number of hydrogen-bond donors (Lipinski definition) is 1. The van der Waals surface area contributed by atoms with E-state index in [1.807, 2.05) is 61.6 Å². The van der Waals surface area contributed by atoms with Gasteiger partial charge in [0, 0.05) is 5.92 Å². The minimum Gasteiger partial charge on any atom is -0.481 e. The fourth-order valence-electron chi connectivity index (χ4n) is 5.08. The van der Waals surface area contributed by atoms with Gasteiger partial charge in [-0.15, -0.1) is 0 Å². The van der Waals surface area contributed by atoms with Crippen LogP contribution < -0.4 is 0 Å². The van der Waals surface area contributed by atoms with Gasteiger partial charge in [0.1, 0.15) is 12.4 Å². The molecule has 2 aromatic rings. The number of hydrogen-bond acceptors (Lipinski definition) is 3. The zero-order valence-electron chi connectivity index (χ0n) is 17.3. The lowest BCUT2D eigenvalue weighted by molar-refractivity contribution is -0.177. The number of rotatable bonds is 6. The summed E-state index contributed by atoms with van der Waals surface area (Å²) < 4.78 is 18.8. The van der Waals surface area contributed by atoms with Crippen LogP contribution in [0.15, 0.2) is 78.9 Å². The largest absolute Gasteiger partial charge is 0.481 e. The third-order valence-electron chi connectivity index (χ3n) is 6.63. The summed E-state index contributed by atoms with van der Waals surface area (Å²) >= 11 is 0. The first kappa shape index (κ1) is 21.0. The number of carboxylic acid groups (broad SMARTS) is 1. The Morgan fingerprint density at radius 1 is 1.06 bits per heavy atom. The molecule has 2 aromatic carbocycles. The third kappa shape index (κ3) is 4.05. The smallest absolute Gasteiger partial charge is 0.310 e. The van der Waals surface area contributed by atoms with Crippen LogP contribution in [0.3, 0.4) is 0 Å². The third-order valence-corrected chi connectivity index (χ3v) is 6.63. The van der Waals surface area contributed by atoms with E-state index in [9.17, 15) is 19.1 Å². The molecule has 0 bridgehead atoms. The summed E-state index contributed by atoms with van der Waals surface area (Å²) in [6.45, 7) is 2.03. The van der Waals surface area contributed by atoms with Crippen molar-refractivity contribution in [3.8, 4) is 0 Å². The number of esters is 1. The molecule has 0 aliphatic heterocycles. The van der Waals surface area contributed by atoms with E-state index in [-0.39, 0.29) is 12.4 Å². The van der Waals surface area contributed by atoms with Crippen LogP contribution in [0.5, 0.6) is 0 Å². The van der Waals surface area contributed by atoms with Gasteiger partial charge in [0.25, 0.3) is 0 Å². The molecule has 0 saturated heterocycles. The molecule has 2 aliphatic rings. The number of halogens is 1. The van der Waals surface area contributed by atoms with Crippen LogP contribution >= 0.6 is 0 Å². The minimum absolute atomic E-state index is 0.0219. The molecule has 0 amide bonds. The second-order valence-electron chi connectivity index (χ2n) is 8.58. The number of carbonyl (C=O) groups excluding carboxylic acids is 1. The Hall–Kier alpha value is -3.21. The molecule has 4 rings (SSSR count). The predicted octanol–water partition coefficient (Wildman–Crippen LogP) is 5.12. The average molecular weight is 420 g/mol. The Kier molecular flexibility index (Phi) is 5.77. The molecule has 0 spiro atoms. The van der Waals surface area contributed by atoms with Gasteiger partial charge in [-0.05, 0) is 41.0 Å². The van der Waals surface area contributed by atoms with E-state index in [2.05, 4.69) is 0 Å². The Labute approximate surface area is 181 Å². The Balaban J connectivity index is 1.64. The normalized spacial score (nSPS) is 29.2. The number of aliphatic carboxylic acids is 1. The fraction of sp³-hybridized carbons (Fsp3) is 0.308. The molecule has 2 aliphatic carbocycles. The van der Waals surface area contributed by atoms with E-state index < -0.39 is 41.0 Å². The number of benzene rings is 2. The standard InChI is InChI=1S/C26H25FO4/c1-26(14-6-3-7-15-26)23-21(24(28)29)20(18-8-4-2-5-9-18)22(23)25(30)31-16-17-10-12-19(27)13-11-17/h2-14,20-23H,15-16H2,1H3,(H,28,29)/t20-,21+,22+,23-,26?/m1/s1. The Morgan fingerprint density at radius 3 is 2.39 bits per heavy atom. The van der Waals surface area contributed by atoms with Crippen LogP contribution in [0, 0.1) is 29.0 Å². The van der Waals surface area contributed by atoms with Crippen molar-refractivity contribution in [2.24, 2.45) is 23.2 Å². The molecule has 1 unspecified atom stereocenters. The summed E-state index contributed by atoms with van der Waals surface area (Å²) in [4.78, 5) is 25.6. The highest BCUT2D eigenvalue weighted by molar-refractivity contribution is 5.83. The molecule has 5 atom stereocenters. The van der Waals surface area contributed by atoms with E-state index in [0.717, 1.165) is 5.56 Å². The van der Waals surface area contributed by atoms with Crippen molar-refractivity contribution in [2.75, 3.05) is 0 Å². The topological polar surface area (TPSA) is 63.6 Å². The molecule has 5 heteroatoms. The maximum Gasteiger partial charge on any atom is 0.310 e. The molecule has 31 heavy (non-hydrogen) atoms. The first-order valence-electron chi connectivity index (χ1n) is 10.4. The van der Waals surface area contributed by atoms with Crippen LogP contribution in [-0.4, -0.2) is 17.0 Å². The van der Waals surface area contributed by atoms with Crippen molar-refractivity contribution in [3.05, 3.63) is 95.8 Å². The van der Waals surface area contributed by atoms with Gasteiger partial charge in [0.2, 0.25) is 0 Å². The van der Waals surface area contributed by atoms with Gasteiger partial charge in [-0.25, -0.2) is 4.39 Å². The van der Waals surface area contributed by atoms with Gasteiger partial charge in [0.15, 0.2) is 0 Å². The molecular formula is C26H25FO4. The molecule has 0 radical (unpaired) electrons. The van der Waals surface area contributed by atoms with Crippen molar-refractivity contribution in [1.29, 1.82) is 0 Å². The quantitative estimate of drug-likeness (QED) is 0.659. The van der Waals surface area contributed by atoms with Crippen molar-refractivity contribution < 1.29 is 23.8 Å². The maximum atomic E-state index is 13.3. The molecule has 0 aromatic heterocycles. The van der Waals surface area contributed by atoms with Gasteiger partial charge in [-0.1, -0.05) is 73.7 Å². The van der Waals surface area contributed by atoms with E-state index >= 15 is 0 Å². The first-order chi connectivity index (χ1) is 14.9. The summed E-state index contributed by atoms with van der Waals surface area (Å²) in [5, 5.41) is 10.1. The monoisotopic (exact) mass is 420 g/mol. The van der Waals surface area contributed by atoms with Gasteiger partial charge in [0.05, 0.1) is 11.8 Å². The number of ether oxygens (including phenoxy) is 1. The highest BCUT2D eigenvalue weighted by Gasteiger charge is 2.63. The van der Waals surface area contributed by atoms with Gasteiger partial charge in [-0.3, -0.25) is 9.59 Å². The fourth-order valence-corrected chi connectivity index (χ4v) is 5.08. The van der Waals surface area contributed by atoms with Crippen molar-refractivity contribution in [2.45, 2.75) is 25.9 Å². The van der Waals surface area contributed by atoms with Crippen LogP contribution in [-0.2, 0) is 20.9 Å². The first-order valence-corrected chi connectivity index (χ1v) is 10.4. The van der Waals surface area contributed by atoms with Gasteiger partial charge < -0.3 is 9.84 Å². The zero-order valence-corrected chi connectivity index (χ0v) is 17.3. The predicted molar refractivity (Wildman–Crippen MR) is 114 cm³/mol. The van der Waals surface area contributed by atoms with E-state index in [1.165, 1.54) is 12.1 Å².